The van der Waals surface area contributed by atoms with Crippen LogP contribution in [0.4, 0.5) is 10.1 Å². The van der Waals surface area contributed by atoms with Gasteiger partial charge in [-0.2, -0.15) is 0 Å². The Bertz CT molecular complexity index is 627. The smallest absolute Gasteiger partial charge is 0.255 e. The van der Waals surface area contributed by atoms with Crippen LogP contribution in [0, 0.1) is 5.82 Å². The van der Waals surface area contributed by atoms with E-state index in [4.69, 9.17) is 10.5 Å². The van der Waals surface area contributed by atoms with Crippen molar-refractivity contribution in [3.05, 3.63) is 59.4 Å². The van der Waals surface area contributed by atoms with Gasteiger partial charge in [0.15, 0.2) is 0 Å². The molecule has 0 saturated carbocycles. The van der Waals surface area contributed by atoms with Crippen molar-refractivity contribution in [1.29, 1.82) is 0 Å². The third-order valence-electron chi connectivity index (χ3n) is 2.94. The first-order valence-corrected chi connectivity index (χ1v) is 6.66. The number of carbonyl (C=O) groups excluding carboxylic acids is 1. The monoisotopic (exact) mass is 288 g/mol. The lowest BCUT2D eigenvalue weighted by Gasteiger charge is -2.11. The molecule has 0 aromatic heterocycles. The zero-order valence-corrected chi connectivity index (χ0v) is 11.7. The first-order valence-electron chi connectivity index (χ1n) is 6.66. The van der Waals surface area contributed by atoms with E-state index >= 15 is 0 Å². The van der Waals surface area contributed by atoms with Crippen molar-refractivity contribution in [2.75, 3.05) is 11.9 Å². The number of halogens is 1. The summed E-state index contributed by atoms with van der Waals surface area (Å²) < 4.78 is 18.3. The molecular formula is C16H17FN2O2. The number of ether oxygens (including phenoxy) is 1. The molecule has 0 atom stereocenters. The van der Waals surface area contributed by atoms with E-state index in [0.29, 0.717) is 30.2 Å². The van der Waals surface area contributed by atoms with Gasteiger partial charge in [-0.05, 0) is 49.4 Å². The Labute approximate surface area is 122 Å². The molecule has 0 aliphatic heterocycles. The molecule has 0 heterocycles. The molecule has 0 aliphatic carbocycles. The van der Waals surface area contributed by atoms with Crippen molar-refractivity contribution in [3.63, 3.8) is 0 Å². The molecule has 2 rings (SSSR count). The minimum absolute atomic E-state index is 0.304. The van der Waals surface area contributed by atoms with Crippen LogP contribution in [0.5, 0.6) is 5.75 Å². The fourth-order valence-corrected chi connectivity index (χ4v) is 1.92. The summed E-state index contributed by atoms with van der Waals surface area (Å²) in [5.74, 6) is 0.0277. The summed E-state index contributed by atoms with van der Waals surface area (Å²) in [6.45, 7) is 2.76. The van der Waals surface area contributed by atoms with Gasteiger partial charge in [-0.25, -0.2) is 4.39 Å². The second-order valence-electron chi connectivity index (χ2n) is 4.42. The van der Waals surface area contributed by atoms with Gasteiger partial charge in [0.1, 0.15) is 11.6 Å². The highest BCUT2D eigenvalue weighted by molar-refractivity contribution is 6.04. The highest BCUT2D eigenvalue weighted by Gasteiger charge is 2.08. The Hall–Kier alpha value is -2.40. The van der Waals surface area contributed by atoms with E-state index in [-0.39, 0.29) is 11.7 Å². The standard InChI is InChI=1S/C16H17FN2O2/c1-2-21-15-8-7-14(9-12(15)10-18)19-16(20)11-3-5-13(17)6-4-11/h3-9H,2,10,18H2,1H3,(H,19,20). The second kappa shape index (κ2) is 6.85. The maximum Gasteiger partial charge on any atom is 0.255 e. The molecule has 0 saturated heterocycles. The Morgan fingerprint density at radius 1 is 1.24 bits per heavy atom. The molecule has 5 heteroatoms. The molecule has 0 fully saturated rings. The van der Waals surface area contributed by atoms with Gasteiger partial charge in [-0.15, -0.1) is 0 Å². The summed E-state index contributed by atoms with van der Waals surface area (Å²) in [5, 5.41) is 2.75. The van der Waals surface area contributed by atoms with Crippen LogP contribution in [0.2, 0.25) is 0 Å². The molecule has 0 radical (unpaired) electrons. The van der Waals surface area contributed by atoms with E-state index in [9.17, 15) is 9.18 Å². The Kier molecular flexibility index (Phi) is 4.90. The van der Waals surface area contributed by atoms with E-state index in [2.05, 4.69) is 5.32 Å². The summed E-state index contributed by atoms with van der Waals surface area (Å²) in [7, 11) is 0. The van der Waals surface area contributed by atoms with Gasteiger partial charge >= 0.3 is 0 Å². The van der Waals surface area contributed by atoms with Gasteiger partial charge in [0, 0.05) is 23.4 Å². The molecule has 1 amide bonds. The summed E-state index contributed by atoms with van der Waals surface area (Å²) in [6, 6.07) is 10.6. The zero-order valence-electron chi connectivity index (χ0n) is 11.7. The average Bonchev–Trinajstić information content (AvgIpc) is 2.49. The van der Waals surface area contributed by atoms with E-state index in [1.807, 2.05) is 6.92 Å². The third kappa shape index (κ3) is 3.79. The third-order valence-corrected chi connectivity index (χ3v) is 2.94. The van der Waals surface area contributed by atoms with Gasteiger partial charge in [0.05, 0.1) is 6.61 Å². The number of nitrogens with one attached hydrogen (secondary N) is 1. The number of rotatable bonds is 5. The molecule has 21 heavy (non-hydrogen) atoms. The van der Waals surface area contributed by atoms with Crippen molar-refractivity contribution >= 4 is 11.6 Å². The summed E-state index contributed by atoms with van der Waals surface area (Å²) >= 11 is 0. The first kappa shape index (κ1) is 15.0. The predicted octanol–water partition coefficient (Wildman–Crippen LogP) is 2.94. The molecule has 110 valence electrons. The lowest BCUT2D eigenvalue weighted by atomic mass is 10.1. The molecule has 0 unspecified atom stereocenters. The molecule has 2 aromatic rings. The first-order chi connectivity index (χ1) is 10.1. The fourth-order valence-electron chi connectivity index (χ4n) is 1.92. The molecular weight excluding hydrogens is 271 g/mol. The topological polar surface area (TPSA) is 64.3 Å². The number of carbonyl (C=O) groups is 1. The number of hydrogen-bond acceptors (Lipinski definition) is 3. The van der Waals surface area contributed by atoms with Crippen molar-refractivity contribution in [3.8, 4) is 5.75 Å². The fraction of sp³-hybridized carbons (Fsp3) is 0.188. The Morgan fingerprint density at radius 2 is 1.95 bits per heavy atom. The Morgan fingerprint density at radius 3 is 2.57 bits per heavy atom. The molecule has 0 aliphatic rings. The molecule has 0 spiro atoms. The summed E-state index contributed by atoms with van der Waals surface area (Å²) in [4.78, 5) is 12.0. The van der Waals surface area contributed by atoms with Crippen LogP contribution >= 0.6 is 0 Å². The van der Waals surface area contributed by atoms with E-state index in [1.54, 1.807) is 18.2 Å². The lowest BCUT2D eigenvalue weighted by Crippen LogP contribution is -2.12. The van der Waals surface area contributed by atoms with Crippen molar-refractivity contribution in [2.24, 2.45) is 5.73 Å². The zero-order chi connectivity index (χ0) is 15.2. The predicted molar refractivity (Wildman–Crippen MR) is 79.9 cm³/mol. The maximum absolute atomic E-state index is 12.8. The summed E-state index contributed by atoms with van der Waals surface area (Å²) in [6.07, 6.45) is 0. The van der Waals surface area contributed by atoms with Crippen LogP contribution in [0.1, 0.15) is 22.8 Å². The van der Waals surface area contributed by atoms with Crippen molar-refractivity contribution in [1.82, 2.24) is 0 Å². The van der Waals surface area contributed by atoms with Crippen LogP contribution in [-0.2, 0) is 6.54 Å². The van der Waals surface area contributed by atoms with Crippen LogP contribution in [0.15, 0.2) is 42.5 Å². The minimum atomic E-state index is -0.377. The van der Waals surface area contributed by atoms with Gasteiger partial charge in [-0.1, -0.05) is 0 Å². The quantitative estimate of drug-likeness (QED) is 0.889. The lowest BCUT2D eigenvalue weighted by molar-refractivity contribution is 0.102. The van der Waals surface area contributed by atoms with E-state index in [0.717, 1.165) is 5.56 Å². The summed E-state index contributed by atoms with van der Waals surface area (Å²) in [5.41, 5.74) is 7.49. The van der Waals surface area contributed by atoms with Gasteiger partial charge in [0.25, 0.3) is 5.91 Å². The van der Waals surface area contributed by atoms with Crippen molar-refractivity contribution < 1.29 is 13.9 Å². The highest BCUT2D eigenvalue weighted by Crippen LogP contribution is 2.23. The SMILES string of the molecule is CCOc1ccc(NC(=O)c2ccc(F)cc2)cc1CN. The number of amides is 1. The van der Waals surface area contributed by atoms with Crippen LogP contribution in [-0.4, -0.2) is 12.5 Å². The van der Waals surface area contributed by atoms with Gasteiger partial charge < -0.3 is 15.8 Å². The average molecular weight is 288 g/mol. The van der Waals surface area contributed by atoms with Crippen LogP contribution in [0.25, 0.3) is 0 Å². The van der Waals surface area contributed by atoms with Gasteiger partial charge in [-0.3, -0.25) is 4.79 Å². The van der Waals surface area contributed by atoms with Gasteiger partial charge in [0.2, 0.25) is 0 Å². The number of anilines is 1. The molecule has 3 N–H and O–H groups in total. The number of hydrogen-bond donors (Lipinski definition) is 2. The number of benzene rings is 2. The normalized spacial score (nSPS) is 10.2. The largest absolute Gasteiger partial charge is 0.494 e. The van der Waals surface area contributed by atoms with Crippen LogP contribution < -0.4 is 15.8 Å². The molecule has 2 aromatic carbocycles. The van der Waals surface area contributed by atoms with Crippen molar-refractivity contribution in [2.45, 2.75) is 13.5 Å². The minimum Gasteiger partial charge on any atom is -0.494 e. The highest BCUT2D eigenvalue weighted by atomic mass is 19.1. The maximum atomic E-state index is 12.8. The van der Waals surface area contributed by atoms with E-state index < -0.39 is 0 Å². The van der Waals surface area contributed by atoms with E-state index in [1.165, 1.54) is 24.3 Å². The second-order valence-corrected chi connectivity index (χ2v) is 4.42. The Balaban J connectivity index is 2.15. The number of nitrogens with two attached hydrogens (primary N) is 1. The molecule has 4 nitrogen and oxygen atoms in total. The van der Waals surface area contributed by atoms with Crippen LogP contribution in [0.3, 0.4) is 0 Å². The molecule has 0 bridgehead atoms.